The van der Waals surface area contributed by atoms with Gasteiger partial charge in [-0.25, -0.2) is 0 Å². The summed E-state index contributed by atoms with van der Waals surface area (Å²) in [7, 11) is 0. The second kappa shape index (κ2) is 12.9. The first-order chi connectivity index (χ1) is 16.2. The molecule has 0 spiro atoms. The molecular formula is C27H30N2O4. The quantitative estimate of drug-likeness (QED) is 0.315. The Kier molecular flexibility index (Phi) is 9.33. The molecule has 0 aliphatic carbocycles. The molecule has 33 heavy (non-hydrogen) atoms. The molecule has 3 aromatic rings. The maximum atomic E-state index is 12.5. The number of rotatable bonds is 11. The fourth-order valence-electron chi connectivity index (χ4n) is 3.24. The van der Waals surface area contributed by atoms with E-state index in [-0.39, 0.29) is 6.61 Å². The predicted molar refractivity (Wildman–Crippen MR) is 129 cm³/mol. The van der Waals surface area contributed by atoms with Crippen LogP contribution in [-0.2, 0) is 4.79 Å². The Morgan fingerprint density at radius 2 is 1.42 bits per heavy atom. The number of carbonyl (C=O) groups excluding carboxylic acids is 2. The van der Waals surface area contributed by atoms with Gasteiger partial charge in [-0.1, -0.05) is 80.8 Å². The highest BCUT2D eigenvalue weighted by Crippen LogP contribution is 2.22. The zero-order valence-corrected chi connectivity index (χ0v) is 18.9. The Labute approximate surface area is 194 Å². The maximum absolute atomic E-state index is 12.5. The van der Waals surface area contributed by atoms with E-state index in [4.69, 9.17) is 9.47 Å². The van der Waals surface area contributed by atoms with Crippen molar-refractivity contribution in [3.63, 3.8) is 0 Å². The average Bonchev–Trinajstić information content (AvgIpc) is 2.87. The highest BCUT2D eigenvalue weighted by molar-refractivity contribution is 5.97. The Bertz CT molecular complexity index is 1020. The van der Waals surface area contributed by atoms with Crippen molar-refractivity contribution < 1.29 is 19.1 Å². The molecule has 0 atom stereocenters. The summed E-state index contributed by atoms with van der Waals surface area (Å²) in [5.74, 6) is 0.154. The molecule has 0 fully saturated rings. The van der Waals surface area contributed by atoms with Crippen LogP contribution in [0.2, 0.25) is 0 Å². The number of hydrogen-bond donors (Lipinski definition) is 2. The van der Waals surface area contributed by atoms with Crippen molar-refractivity contribution in [2.24, 2.45) is 0 Å². The van der Waals surface area contributed by atoms with E-state index in [0.29, 0.717) is 23.7 Å². The third-order valence-corrected chi connectivity index (χ3v) is 5.03. The highest BCUT2D eigenvalue weighted by Gasteiger charge is 2.13. The monoisotopic (exact) mass is 446 g/mol. The summed E-state index contributed by atoms with van der Waals surface area (Å²) in [4.78, 5) is 24.6. The van der Waals surface area contributed by atoms with Crippen LogP contribution < -0.4 is 20.3 Å². The molecule has 0 heterocycles. The van der Waals surface area contributed by atoms with E-state index in [9.17, 15) is 9.59 Å². The van der Waals surface area contributed by atoms with Gasteiger partial charge in [-0.3, -0.25) is 20.4 Å². The number of amides is 2. The van der Waals surface area contributed by atoms with Crippen LogP contribution in [0.4, 0.5) is 0 Å². The Hall–Kier alpha value is -3.80. The van der Waals surface area contributed by atoms with E-state index in [0.717, 1.165) is 36.8 Å². The molecule has 0 aliphatic heterocycles. The molecule has 0 radical (unpaired) electrons. The third-order valence-electron chi connectivity index (χ3n) is 5.03. The van der Waals surface area contributed by atoms with Crippen LogP contribution >= 0.6 is 0 Å². The van der Waals surface area contributed by atoms with E-state index < -0.39 is 11.8 Å². The SMILES string of the molecule is CCCCCCOc1ccccc1C(=O)NNC(=O)COc1ccc(-c2ccccc2)cc1. The van der Waals surface area contributed by atoms with E-state index in [1.807, 2.05) is 60.7 Å². The molecule has 3 rings (SSSR count). The van der Waals surface area contributed by atoms with Gasteiger partial charge in [-0.05, 0) is 41.8 Å². The lowest BCUT2D eigenvalue weighted by atomic mass is 10.1. The van der Waals surface area contributed by atoms with Gasteiger partial charge < -0.3 is 9.47 Å². The molecule has 0 aromatic heterocycles. The number of unbranched alkanes of at least 4 members (excludes halogenated alkanes) is 3. The lowest BCUT2D eigenvalue weighted by Gasteiger charge is -2.12. The summed E-state index contributed by atoms with van der Waals surface area (Å²) < 4.78 is 11.3. The number of ether oxygens (including phenoxy) is 2. The van der Waals surface area contributed by atoms with Crippen molar-refractivity contribution in [3.05, 3.63) is 84.4 Å². The minimum atomic E-state index is -0.464. The number of hydrogen-bond acceptors (Lipinski definition) is 4. The second-order valence-electron chi connectivity index (χ2n) is 7.59. The second-order valence-corrected chi connectivity index (χ2v) is 7.59. The van der Waals surface area contributed by atoms with Crippen LogP contribution in [-0.4, -0.2) is 25.0 Å². The highest BCUT2D eigenvalue weighted by atomic mass is 16.5. The molecule has 172 valence electrons. The minimum Gasteiger partial charge on any atom is -0.493 e. The summed E-state index contributed by atoms with van der Waals surface area (Å²) in [5.41, 5.74) is 7.33. The summed E-state index contributed by atoms with van der Waals surface area (Å²) in [6.07, 6.45) is 4.35. The van der Waals surface area contributed by atoms with Crippen molar-refractivity contribution in [2.45, 2.75) is 32.6 Å². The first-order valence-corrected chi connectivity index (χ1v) is 11.3. The van der Waals surface area contributed by atoms with Gasteiger partial charge in [0.1, 0.15) is 11.5 Å². The zero-order chi connectivity index (χ0) is 23.3. The van der Waals surface area contributed by atoms with Crippen molar-refractivity contribution >= 4 is 11.8 Å². The average molecular weight is 447 g/mol. The van der Waals surface area contributed by atoms with Crippen molar-refractivity contribution in [1.29, 1.82) is 0 Å². The molecule has 3 aromatic carbocycles. The molecule has 0 unspecified atom stereocenters. The largest absolute Gasteiger partial charge is 0.493 e. The van der Waals surface area contributed by atoms with Crippen molar-refractivity contribution in [3.8, 4) is 22.6 Å². The molecule has 6 heteroatoms. The zero-order valence-electron chi connectivity index (χ0n) is 18.9. The smallest absolute Gasteiger partial charge is 0.276 e. The van der Waals surface area contributed by atoms with Gasteiger partial charge in [0.2, 0.25) is 0 Å². The number of benzene rings is 3. The molecule has 0 bridgehead atoms. The standard InChI is InChI=1S/C27H30N2O4/c1-2-3-4-10-19-32-25-14-9-8-13-24(25)27(31)29-28-26(30)20-33-23-17-15-22(16-18-23)21-11-6-5-7-12-21/h5-9,11-18H,2-4,10,19-20H2,1H3,(H,28,30)(H,29,31). The van der Waals surface area contributed by atoms with Gasteiger partial charge in [0.05, 0.1) is 12.2 Å². The Morgan fingerprint density at radius 1 is 0.727 bits per heavy atom. The lowest BCUT2D eigenvalue weighted by molar-refractivity contribution is -0.123. The van der Waals surface area contributed by atoms with E-state index in [1.165, 1.54) is 0 Å². The number of carbonyl (C=O) groups is 2. The topological polar surface area (TPSA) is 76.7 Å². The molecule has 2 N–H and O–H groups in total. The van der Waals surface area contributed by atoms with Gasteiger partial charge in [-0.2, -0.15) is 0 Å². The van der Waals surface area contributed by atoms with Crippen LogP contribution in [0.25, 0.3) is 11.1 Å². The van der Waals surface area contributed by atoms with Crippen LogP contribution in [0.3, 0.4) is 0 Å². The van der Waals surface area contributed by atoms with E-state index >= 15 is 0 Å². The molecular weight excluding hydrogens is 416 g/mol. The summed E-state index contributed by atoms with van der Waals surface area (Å²) >= 11 is 0. The van der Waals surface area contributed by atoms with Gasteiger partial charge in [0.25, 0.3) is 11.8 Å². The molecule has 2 amide bonds. The Balaban J connectivity index is 1.44. The van der Waals surface area contributed by atoms with Crippen LogP contribution in [0.5, 0.6) is 11.5 Å². The van der Waals surface area contributed by atoms with Crippen molar-refractivity contribution in [1.82, 2.24) is 10.9 Å². The van der Waals surface area contributed by atoms with Crippen LogP contribution in [0.1, 0.15) is 43.0 Å². The molecule has 0 saturated carbocycles. The summed E-state index contributed by atoms with van der Waals surface area (Å²) in [6, 6.07) is 24.5. The molecule has 0 saturated heterocycles. The predicted octanol–water partition coefficient (Wildman–Crippen LogP) is 5.15. The molecule has 0 aliphatic rings. The van der Waals surface area contributed by atoms with Crippen LogP contribution in [0.15, 0.2) is 78.9 Å². The number of nitrogens with one attached hydrogen (secondary N) is 2. The normalized spacial score (nSPS) is 10.3. The van der Waals surface area contributed by atoms with E-state index in [1.54, 1.807) is 18.2 Å². The summed E-state index contributed by atoms with van der Waals surface area (Å²) in [5, 5.41) is 0. The fourth-order valence-corrected chi connectivity index (χ4v) is 3.24. The van der Waals surface area contributed by atoms with Gasteiger partial charge >= 0.3 is 0 Å². The van der Waals surface area contributed by atoms with Gasteiger partial charge in [0.15, 0.2) is 6.61 Å². The lowest BCUT2D eigenvalue weighted by Crippen LogP contribution is -2.43. The fraction of sp³-hybridized carbons (Fsp3) is 0.259. The van der Waals surface area contributed by atoms with Crippen LogP contribution in [0, 0.1) is 0 Å². The third kappa shape index (κ3) is 7.68. The van der Waals surface area contributed by atoms with Gasteiger partial charge in [-0.15, -0.1) is 0 Å². The number of para-hydroxylation sites is 1. The molecule has 6 nitrogen and oxygen atoms in total. The summed E-state index contributed by atoms with van der Waals surface area (Å²) in [6.45, 7) is 2.48. The van der Waals surface area contributed by atoms with E-state index in [2.05, 4.69) is 17.8 Å². The number of hydrazine groups is 1. The van der Waals surface area contributed by atoms with Gasteiger partial charge in [0, 0.05) is 0 Å². The maximum Gasteiger partial charge on any atom is 0.276 e. The Morgan fingerprint density at radius 3 is 2.18 bits per heavy atom. The minimum absolute atomic E-state index is 0.222. The first kappa shape index (κ1) is 23.9. The van der Waals surface area contributed by atoms with Crippen molar-refractivity contribution in [2.75, 3.05) is 13.2 Å². The first-order valence-electron chi connectivity index (χ1n) is 11.3.